The number of anilines is 2. The van der Waals surface area contributed by atoms with Crippen LogP contribution in [0.15, 0.2) is 72.9 Å². The minimum absolute atomic E-state index is 0.0262. The number of benzene rings is 3. The smallest absolute Gasteiger partial charge is 0.259 e. The molecule has 0 bridgehead atoms. The molecule has 0 aliphatic carbocycles. The van der Waals surface area contributed by atoms with Crippen molar-refractivity contribution in [2.75, 3.05) is 23.9 Å². The highest BCUT2D eigenvalue weighted by Crippen LogP contribution is 2.29. The maximum atomic E-state index is 14.1. The molecule has 1 heterocycles. The molecule has 0 aliphatic heterocycles. The first-order valence-electron chi connectivity index (χ1n) is 11.5. The van der Waals surface area contributed by atoms with Crippen LogP contribution in [0.5, 0.6) is 0 Å². The number of aryl methyl sites for hydroxylation is 2. The van der Waals surface area contributed by atoms with Gasteiger partial charge in [0.1, 0.15) is 0 Å². The Hall–Kier alpha value is -3.53. The highest BCUT2D eigenvalue weighted by Gasteiger charge is 2.23. The Balaban J connectivity index is 1.78. The van der Waals surface area contributed by atoms with E-state index in [1.54, 1.807) is 0 Å². The number of hydrogen-bond donors (Lipinski definition) is 0. The zero-order chi connectivity index (χ0) is 23.7. The SMILES string of the molecule is Cc1ccc2c(ccn2C)c1C(=O)N(Cc1ccc(N(C)C)cc1)c1ccc(C(C)C)cc1. The van der Waals surface area contributed by atoms with Crippen molar-refractivity contribution in [3.8, 4) is 0 Å². The first kappa shape index (κ1) is 22.7. The monoisotopic (exact) mass is 439 g/mol. The minimum atomic E-state index is 0.0262. The average molecular weight is 440 g/mol. The predicted molar refractivity (Wildman–Crippen MR) is 139 cm³/mol. The van der Waals surface area contributed by atoms with Gasteiger partial charge < -0.3 is 14.4 Å². The summed E-state index contributed by atoms with van der Waals surface area (Å²) in [7, 11) is 6.08. The van der Waals surface area contributed by atoms with Crippen molar-refractivity contribution in [1.82, 2.24) is 4.57 Å². The van der Waals surface area contributed by atoms with E-state index in [2.05, 4.69) is 77.9 Å². The van der Waals surface area contributed by atoms with Gasteiger partial charge in [0, 0.05) is 49.6 Å². The van der Waals surface area contributed by atoms with Crippen LogP contribution in [0.3, 0.4) is 0 Å². The van der Waals surface area contributed by atoms with E-state index in [1.165, 1.54) is 5.56 Å². The van der Waals surface area contributed by atoms with E-state index in [0.717, 1.165) is 39.0 Å². The first-order chi connectivity index (χ1) is 15.8. The number of aromatic nitrogens is 1. The van der Waals surface area contributed by atoms with Gasteiger partial charge in [-0.2, -0.15) is 0 Å². The van der Waals surface area contributed by atoms with Gasteiger partial charge in [-0.05, 0) is 65.9 Å². The molecule has 33 heavy (non-hydrogen) atoms. The summed E-state index contributed by atoms with van der Waals surface area (Å²) in [4.78, 5) is 18.1. The Bertz CT molecular complexity index is 1260. The molecule has 0 saturated carbocycles. The van der Waals surface area contributed by atoms with E-state index in [-0.39, 0.29) is 5.91 Å². The van der Waals surface area contributed by atoms with E-state index in [1.807, 2.05) is 51.3 Å². The van der Waals surface area contributed by atoms with Gasteiger partial charge in [0.05, 0.1) is 12.1 Å². The van der Waals surface area contributed by atoms with E-state index in [9.17, 15) is 4.79 Å². The lowest BCUT2D eigenvalue weighted by Gasteiger charge is -2.25. The number of nitrogens with zero attached hydrogens (tertiary/aromatic N) is 3. The summed E-state index contributed by atoms with van der Waals surface area (Å²) in [6.07, 6.45) is 2.02. The minimum Gasteiger partial charge on any atom is -0.378 e. The lowest BCUT2D eigenvalue weighted by molar-refractivity contribution is 0.0986. The molecule has 0 aliphatic rings. The molecule has 4 heteroatoms. The van der Waals surface area contributed by atoms with Crippen molar-refractivity contribution >= 4 is 28.2 Å². The van der Waals surface area contributed by atoms with Gasteiger partial charge in [0.15, 0.2) is 0 Å². The highest BCUT2D eigenvalue weighted by atomic mass is 16.2. The summed E-state index contributed by atoms with van der Waals surface area (Å²) in [5.41, 5.74) is 7.24. The molecule has 0 spiro atoms. The molecule has 3 aromatic carbocycles. The molecular formula is C29H33N3O. The second kappa shape index (κ2) is 9.14. The Morgan fingerprint density at radius 1 is 0.879 bits per heavy atom. The van der Waals surface area contributed by atoms with Crippen molar-refractivity contribution in [3.63, 3.8) is 0 Å². The Labute approximate surface area is 197 Å². The maximum Gasteiger partial charge on any atom is 0.259 e. The molecule has 4 nitrogen and oxygen atoms in total. The van der Waals surface area contributed by atoms with Gasteiger partial charge in [0.2, 0.25) is 0 Å². The lowest BCUT2D eigenvalue weighted by Crippen LogP contribution is -2.31. The Morgan fingerprint density at radius 2 is 1.52 bits per heavy atom. The number of amides is 1. The van der Waals surface area contributed by atoms with E-state index in [4.69, 9.17) is 0 Å². The molecular weight excluding hydrogens is 406 g/mol. The van der Waals surface area contributed by atoms with Gasteiger partial charge >= 0.3 is 0 Å². The van der Waals surface area contributed by atoms with E-state index in [0.29, 0.717) is 12.5 Å². The molecule has 0 unspecified atom stereocenters. The Morgan fingerprint density at radius 3 is 2.12 bits per heavy atom. The zero-order valence-corrected chi connectivity index (χ0v) is 20.5. The molecule has 0 atom stereocenters. The third-order valence-electron chi connectivity index (χ3n) is 6.40. The van der Waals surface area contributed by atoms with Crippen LogP contribution in [0.25, 0.3) is 10.9 Å². The molecule has 1 amide bonds. The van der Waals surface area contributed by atoms with Crippen LogP contribution in [0.2, 0.25) is 0 Å². The third-order valence-corrected chi connectivity index (χ3v) is 6.40. The predicted octanol–water partition coefficient (Wildman–Crippen LogP) is 6.52. The van der Waals surface area contributed by atoms with Crippen molar-refractivity contribution in [2.24, 2.45) is 7.05 Å². The number of carbonyl (C=O) groups excluding carboxylic acids is 1. The topological polar surface area (TPSA) is 28.5 Å². The highest BCUT2D eigenvalue weighted by molar-refractivity contribution is 6.14. The van der Waals surface area contributed by atoms with Crippen LogP contribution in [-0.4, -0.2) is 24.6 Å². The quantitative estimate of drug-likeness (QED) is 0.342. The largest absolute Gasteiger partial charge is 0.378 e. The van der Waals surface area contributed by atoms with Crippen LogP contribution in [-0.2, 0) is 13.6 Å². The number of carbonyl (C=O) groups is 1. The summed E-state index contributed by atoms with van der Waals surface area (Å²) >= 11 is 0. The van der Waals surface area contributed by atoms with Crippen molar-refractivity contribution < 1.29 is 4.79 Å². The summed E-state index contributed by atoms with van der Waals surface area (Å²) in [6.45, 7) is 6.90. The number of hydrogen-bond acceptors (Lipinski definition) is 2. The fourth-order valence-electron chi connectivity index (χ4n) is 4.28. The van der Waals surface area contributed by atoms with Crippen LogP contribution in [0, 0.1) is 6.92 Å². The fourth-order valence-corrected chi connectivity index (χ4v) is 4.28. The van der Waals surface area contributed by atoms with Crippen molar-refractivity contribution in [1.29, 1.82) is 0 Å². The standard InChI is InChI=1S/C29H33N3O/c1-20(2)23-10-14-25(15-11-23)32(19-22-8-12-24(13-9-22)30(4)5)29(33)28-21(3)7-16-27-26(28)17-18-31(27)6/h7-18,20H,19H2,1-6H3. The average Bonchev–Trinajstić information content (AvgIpc) is 3.18. The summed E-state index contributed by atoms with van der Waals surface area (Å²) < 4.78 is 2.06. The molecule has 170 valence electrons. The van der Waals surface area contributed by atoms with Crippen LogP contribution < -0.4 is 9.80 Å². The van der Waals surface area contributed by atoms with Crippen molar-refractivity contribution in [3.05, 3.63) is 95.2 Å². The molecule has 0 fully saturated rings. The van der Waals surface area contributed by atoms with Crippen LogP contribution in [0.1, 0.15) is 46.8 Å². The lowest BCUT2D eigenvalue weighted by atomic mass is 10.0. The summed E-state index contributed by atoms with van der Waals surface area (Å²) in [6, 6.07) is 23.0. The van der Waals surface area contributed by atoms with Crippen LogP contribution in [0.4, 0.5) is 11.4 Å². The third kappa shape index (κ3) is 4.51. The normalized spacial score (nSPS) is 11.2. The summed E-state index contributed by atoms with van der Waals surface area (Å²) in [5, 5.41) is 0.995. The van der Waals surface area contributed by atoms with Gasteiger partial charge in [0.25, 0.3) is 5.91 Å². The number of rotatable bonds is 6. The molecule has 0 radical (unpaired) electrons. The first-order valence-corrected chi connectivity index (χ1v) is 11.5. The maximum absolute atomic E-state index is 14.1. The molecule has 0 N–H and O–H groups in total. The molecule has 4 aromatic rings. The second-order valence-electron chi connectivity index (χ2n) is 9.32. The van der Waals surface area contributed by atoms with Gasteiger partial charge in [-0.15, -0.1) is 0 Å². The summed E-state index contributed by atoms with van der Waals surface area (Å²) in [5.74, 6) is 0.473. The van der Waals surface area contributed by atoms with Gasteiger partial charge in [-0.25, -0.2) is 0 Å². The molecule has 4 rings (SSSR count). The second-order valence-corrected chi connectivity index (χ2v) is 9.32. The number of fused-ring (bicyclic) bond motifs is 1. The van der Waals surface area contributed by atoms with Gasteiger partial charge in [-0.3, -0.25) is 4.79 Å². The van der Waals surface area contributed by atoms with E-state index < -0.39 is 0 Å². The fraction of sp³-hybridized carbons (Fsp3) is 0.276. The van der Waals surface area contributed by atoms with E-state index >= 15 is 0 Å². The Kier molecular flexibility index (Phi) is 6.28. The van der Waals surface area contributed by atoms with Crippen LogP contribution >= 0.6 is 0 Å². The zero-order valence-electron chi connectivity index (χ0n) is 20.5. The van der Waals surface area contributed by atoms with Gasteiger partial charge in [-0.1, -0.05) is 44.2 Å². The molecule has 1 aromatic heterocycles. The van der Waals surface area contributed by atoms with Crippen molar-refractivity contribution in [2.45, 2.75) is 33.2 Å². The molecule has 0 saturated heterocycles.